The molecule has 0 spiro atoms. The van der Waals surface area contributed by atoms with Crippen LogP contribution in [0.3, 0.4) is 0 Å². The largest absolute Gasteiger partial charge is 0.495 e. The zero-order chi connectivity index (χ0) is 21.0. The van der Waals surface area contributed by atoms with Crippen LogP contribution < -0.4 is 9.46 Å². The molecule has 0 bridgehead atoms. The van der Waals surface area contributed by atoms with Gasteiger partial charge in [0, 0.05) is 11.6 Å². The van der Waals surface area contributed by atoms with Gasteiger partial charge in [-0.1, -0.05) is 23.4 Å². The average molecular weight is 416 g/mol. The van der Waals surface area contributed by atoms with E-state index >= 15 is 0 Å². The number of para-hydroxylation sites is 1. The highest BCUT2D eigenvalue weighted by molar-refractivity contribution is 7.92. The quantitative estimate of drug-likeness (QED) is 0.586. The molecule has 0 aliphatic rings. The fourth-order valence-corrected chi connectivity index (χ4v) is 3.97. The van der Waals surface area contributed by atoms with Gasteiger partial charge in [0.2, 0.25) is 0 Å². The molecule has 0 unspecified atom stereocenters. The number of sulfonamides is 1. The Bertz CT molecular complexity index is 1140. The standard InChI is InChI=1S/C20H20N2O6S/c1-4-27-20(23)16-12-18(28-21-16)14-9-10-17(26-3)19(11-14)29(24,25)22-15-8-6-5-7-13(15)2/h5-12,22H,4H2,1-3H3. The maximum Gasteiger partial charge on any atom is 0.360 e. The van der Waals surface area contributed by atoms with E-state index in [2.05, 4.69) is 9.88 Å². The molecule has 1 heterocycles. The second kappa shape index (κ2) is 8.36. The molecule has 3 rings (SSSR count). The van der Waals surface area contributed by atoms with Crippen molar-refractivity contribution in [2.24, 2.45) is 0 Å². The lowest BCUT2D eigenvalue weighted by Gasteiger charge is -2.13. The normalized spacial score (nSPS) is 11.1. The number of hydrogen-bond donors (Lipinski definition) is 1. The zero-order valence-corrected chi connectivity index (χ0v) is 16.9. The Hall–Kier alpha value is -3.33. The molecule has 0 saturated carbocycles. The van der Waals surface area contributed by atoms with Crippen molar-refractivity contribution in [1.29, 1.82) is 0 Å². The second-order valence-corrected chi connectivity index (χ2v) is 7.73. The number of esters is 1. The van der Waals surface area contributed by atoms with Crippen LogP contribution in [0.4, 0.5) is 5.69 Å². The van der Waals surface area contributed by atoms with Crippen molar-refractivity contribution >= 4 is 21.7 Å². The van der Waals surface area contributed by atoms with Crippen molar-refractivity contribution in [2.75, 3.05) is 18.4 Å². The van der Waals surface area contributed by atoms with Gasteiger partial charge in [-0.2, -0.15) is 0 Å². The van der Waals surface area contributed by atoms with Crippen molar-refractivity contribution in [3.05, 3.63) is 59.8 Å². The number of nitrogens with one attached hydrogen (secondary N) is 1. The molecular formula is C20H20N2O6S. The van der Waals surface area contributed by atoms with Gasteiger partial charge < -0.3 is 14.0 Å². The number of aryl methyl sites for hydroxylation is 1. The summed E-state index contributed by atoms with van der Waals surface area (Å²) in [5, 5.41) is 3.68. The smallest absolute Gasteiger partial charge is 0.360 e. The van der Waals surface area contributed by atoms with E-state index in [1.807, 2.05) is 6.07 Å². The summed E-state index contributed by atoms with van der Waals surface area (Å²) in [5.74, 6) is -0.229. The lowest BCUT2D eigenvalue weighted by molar-refractivity contribution is 0.0514. The summed E-state index contributed by atoms with van der Waals surface area (Å²) < 4.78 is 43.9. The lowest BCUT2D eigenvalue weighted by atomic mass is 10.1. The number of rotatable bonds is 7. The SMILES string of the molecule is CCOC(=O)c1cc(-c2ccc(OC)c(S(=O)(=O)Nc3ccccc3C)c2)on1. The molecule has 0 radical (unpaired) electrons. The first kappa shape index (κ1) is 20.4. The molecule has 152 valence electrons. The summed E-state index contributed by atoms with van der Waals surface area (Å²) in [6.07, 6.45) is 0. The maximum atomic E-state index is 13.0. The van der Waals surface area contributed by atoms with Crippen molar-refractivity contribution in [3.8, 4) is 17.1 Å². The molecule has 0 aliphatic heterocycles. The van der Waals surface area contributed by atoms with Gasteiger partial charge in [0.1, 0.15) is 10.6 Å². The maximum absolute atomic E-state index is 13.0. The molecule has 29 heavy (non-hydrogen) atoms. The van der Waals surface area contributed by atoms with Crippen LogP contribution in [0.1, 0.15) is 23.0 Å². The summed E-state index contributed by atoms with van der Waals surface area (Å²) in [5.41, 5.74) is 1.66. The minimum Gasteiger partial charge on any atom is -0.495 e. The summed E-state index contributed by atoms with van der Waals surface area (Å²) >= 11 is 0. The molecule has 1 aromatic heterocycles. The topological polar surface area (TPSA) is 108 Å². The van der Waals surface area contributed by atoms with Gasteiger partial charge in [-0.05, 0) is 43.7 Å². The predicted octanol–water partition coefficient (Wildman–Crippen LogP) is 3.64. The van der Waals surface area contributed by atoms with Gasteiger partial charge in [0.05, 0.1) is 19.4 Å². The van der Waals surface area contributed by atoms with E-state index in [9.17, 15) is 13.2 Å². The van der Waals surface area contributed by atoms with Crippen LogP contribution in [0.5, 0.6) is 5.75 Å². The number of anilines is 1. The van der Waals surface area contributed by atoms with Crippen molar-refractivity contribution in [2.45, 2.75) is 18.7 Å². The molecule has 0 saturated heterocycles. The van der Waals surface area contributed by atoms with Crippen molar-refractivity contribution in [1.82, 2.24) is 5.16 Å². The molecule has 0 fully saturated rings. The van der Waals surface area contributed by atoms with E-state index in [0.717, 1.165) is 5.56 Å². The number of hydrogen-bond acceptors (Lipinski definition) is 7. The Kier molecular flexibility index (Phi) is 5.88. The molecule has 0 aliphatic carbocycles. The molecular weight excluding hydrogens is 396 g/mol. The Labute approximate surface area is 168 Å². The van der Waals surface area contributed by atoms with Crippen LogP contribution in [-0.4, -0.2) is 33.3 Å². The zero-order valence-electron chi connectivity index (χ0n) is 16.1. The molecule has 1 N–H and O–H groups in total. The fraction of sp³-hybridized carbons (Fsp3) is 0.200. The Morgan fingerprint density at radius 2 is 1.93 bits per heavy atom. The first-order valence-electron chi connectivity index (χ1n) is 8.76. The van der Waals surface area contributed by atoms with Gasteiger partial charge in [-0.15, -0.1) is 0 Å². The third-order valence-electron chi connectivity index (χ3n) is 4.12. The fourth-order valence-electron chi connectivity index (χ4n) is 2.64. The predicted molar refractivity (Wildman–Crippen MR) is 106 cm³/mol. The van der Waals surface area contributed by atoms with Crippen LogP contribution in [0.2, 0.25) is 0 Å². The van der Waals surface area contributed by atoms with E-state index in [1.54, 1.807) is 38.1 Å². The van der Waals surface area contributed by atoms with Gasteiger partial charge in [-0.3, -0.25) is 4.72 Å². The van der Waals surface area contributed by atoms with E-state index in [1.165, 1.54) is 25.3 Å². The molecule has 8 nitrogen and oxygen atoms in total. The van der Waals surface area contributed by atoms with Gasteiger partial charge >= 0.3 is 5.97 Å². The van der Waals surface area contributed by atoms with Crippen molar-refractivity contribution < 1.29 is 27.2 Å². The summed E-state index contributed by atoms with van der Waals surface area (Å²) in [6, 6.07) is 12.9. The third-order valence-corrected chi connectivity index (χ3v) is 5.51. The Morgan fingerprint density at radius 1 is 1.17 bits per heavy atom. The van der Waals surface area contributed by atoms with Crippen LogP contribution in [0.25, 0.3) is 11.3 Å². The van der Waals surface area contributed by atoms with E-state index in [-0.39, 0.29) is 28.7 Å². The van der Waals surface area contributed by atoms with Crippen LogP contribution >= 0.6 is 0 Å². The van der Waals surface area contributed by atoms with Gasteiger partial charge in [0.25, 0.3) is 10.0 Å². The minimum atomic E-state index is -3.96. The minimum absolute atomic E-state index is 0.000102. The second-order valence-electron chi connectivity index (χ2n) is 6.08. The molecule has 0 amide bonds. The summed E-state index contributed by atoms with van der Waals surface area (Å²) in [4.78, 5) is 11.7. The molecule has 3 aromatic rings. The van der Waals surface area contributed by atoms with Gasteiger partial charge in [-0.25, -0.2) is 13.2 Å². The highest BCUT2D eigenvalue weighted by Gasteiger charge is 2.23. The number of nitrogens with zero attached hydrogens (tertiary/aromatic N) is 1. The number of ether oxygens (including phenoxy) is 2. The highest BCUT2D eigenvalue weighted by atomic mass is 32.2. The van der Waals surface area contributed by atoms with Gasteiger partial charge in [0.15, 0.2) is 11.5 Å². The van der Waals surface area contributed by atoms with Crippen molar-refractivity contribution in [3.63, 3.8) is 0 Å². The van der Waals surface area contributed by atoms with E-state index in [0.29, 0.717) is 11.3 Å². The number of carbonyl (C=O) groups excluding carboxylic acids is 1. The number of aromatic nitrogens is 1. The molecule has 9 heteroatoms. The summed E-state index contributed by atoms with van der Waals surface area (Å²) in [6.45, 7) is 3.69. The van der Waals surface area contributed by atoms with Crippen LogP contribution in [0, 0.1) is 6.92 Å². The lowest BCUT2D eigenvalue weighted by Crippen LogP contribution is -2.15. The van der Waals surface area contributed by atoms with E-state index < -0.39 is 16.0 Å². The highest BCUT2D eigenvalue weighted by Crippen LogP contribution is 2.32. The Balaban J connectivity index is 1.99. The van der Waals surface area contributed by atoms with E-state index in [4.69, 9.17) is 14.0 Å². The molecule has 2 aromatic carbocycles. The molecule has 0 atom stereocenters. The Morgan fingerprint density at radius 3 is 2.62 bits per heavy atom. The third kappa shape index (κ3) is 4.40. The monoisotopic (exact) mass is 416 g/mol. The average Bonchev–Trinajstić information content (AvgIpc) is 3.20. The summed E-state index contributed by atoms with van der Waals surface area (Å²) in [7, 11) is -2.57. The number of methoxy groups -OCH3 is 1. The first-order valence-corrected chi connectivity index (χ1v) is 10.2. The number of benzene rings is 2. The first-order chi connectivity index (χ1) is 13.9. The number of carbonyl (C=O) groups is 1. The van der Waals surface area contributed by atoms with Crippen LogP contribution in [-0.2, 0) is 14.8 Å². The van der Waals surface area contributed by atoms with Crippen LogP contribution in [0.15, 0.2) is 57.9 Å².